The van der Waals surface area contributed by atoms with Crippen molar-refractivity contribution in [1.82, 2.24) is 9.97 Å². The van der Waals surface area contributed by atoms with E-state index in [-0.39, 0.29) is 5.69 Å². The predicted molar refractivity (Wildman–Crippen MR) is 78.3 cm³/mol. The summed E-state index contributed by atoms with van der Waals surface area (Å²) in [4.78, 5) is 18.0. The van der Waals surface area contributed by atoms with E-state index in [1.807, 2.05) is 0 Å². The average molecular weight is 454 g/mol. The molecule has 0 aliphatic carbocycles. The summed E-state index contributed by atoms with van der Waals surface area (Å²) in [5.74, 6) is 0.704. The maximum atomic E-state index is 10.7. The lowest BCUT2D eigenvalue weighted by molar-refractivity contribution is -0.385. The Bertz CT molecular complexity index is 628. The standard InChI is InChI=1S/C10H4Br3N3O3/c11-6-1-5(16(17)18)2-7(12)9(6)19-10-8(13)3-14-4-15-10/h1-4H. The number of aromatic nitrogens is 2. The van der Waals surface area contributed by atoms with E-state index in [0.717, 1.165) is 0 Å². The molecule has 19 heavy (non-hydrogen) atoms. The second kappa shape index (κ2) is 5.93. The molecule has 0 aliphatic heterocycles. The molecule has 0 aliphatic rings. The number of hydrogen-bond donors (Lipinski definition) is 0. The molecule has 0 spiro atoms. The minimum absolute atomic E-state index is 0.0483. The highest BCUT2D eigenvalue weighted by Gasteiger charge is 2.17. The highest BCUT2D eigenvalue weighted by Crippen LogP contribution is 2.40. The van der Waals surface area contributed by atoms with Crippen LogP contribution in [0.5, 0.6) is 11.6 Å². The van der Waals surface area contributed by atoms with E-state index in [0.29, 0.717) is 25.0 Å². The van der Waals surface area contributed by atoms with Crippen LogP contribution < -0.4 is 4.74 Å². The first-order chi connectivity index (χ1) is 8.99. The van der Waals surface area contributed by atoms with Crippen molar-refractivity contribution in [3.05, 3.63) is 48.2 Å². The fourth-order valence-electron chi connectivity index (χ4n) is 1.22. The van der Waals surface area contributed by atoms with E-state index >= 15 is 0 Å². The summed E-state index contributed by atoms with van der Waals surface area (Å²) in [6.07, 6.45) is 2.88. The van der Waals surface area contributed by atoms with Crippen molar-refractivity contribution in [2.45, 2.75) is 0 Å². The third-order valence-corrected chi connectivity index (χ3v) is 3.75. The van der Waals surface area contributed by atoms with Crippen molar-refractivity contribution in [3.8, 4) is 11.6 Å². The number of non-ortho nitro benzene ring substituents is 1. The Morgan fingerprint density at radius 2 is 1.79 bits per heavy atom. The van der Waals surface area contributed by atoms with Gasteiger partial charge in [0.15, 0.2) is 5.75 Å². The molecule has 0 radical (unpaired) electrons. The monoisotopic (exact) mass is 451 g/mol. The molecular weight excluding hydrogens is 450 g/mol. The third kappa shape index (κ3) is 3.28. The van der Waals surface area contributed by atoms with E-state index in [9.17, 15) is 10.1 Å². The number of hydrogen-bond acceptors (Lipinski definition) is 5. The van der Waals surface area contributed by atoms with Crippen LogP contribution in [0.15, 0.2) is 38.1 Å². The fraction of sp³-hybridized carbons (Fsp3) is 0. The van der Waals surface area contributed by atoms with E-state index in [1.54, 1.807) is 0 Å². The van der Waals surface area contributed by atoms with E-state index in [4.69, 9.17) is 4.74 Å². The van der Waals surface area contributed by atoms with Gasteiger partial charge in [-0.2, -0.15) is 0 Å². The number of rotatable bonds is 3. The summed E-state index contributed by atoms with van der Waals surface area (Å²) in [5.41, 5.74) is -0.0483. The lowest BCUT2D eigenvalue weighted by Crippen LogP contribution is -1.94. The zero-order valence-corrected chi connectivity index (χ0v) is 13.8. The quantitative estimate of drug-likeness (QED) is 0.506. The van der Waals surface area contributed by atoms with Gasteiger partial charge in [0.2, 0.25) is 5.88 Å². The van der Waals surface area contributed by atoms with Gasteiger partial charge in [0.05, 0.1) is 18.3 Å². The summed E-state index contributed by atoms with van der Waals surface area (Å²) in [6.45, 7) is 0. The summed E-state index contributed by atoms with van der Waals surface area (Å²) in [6, 6.07) is 2.71. The molecule has 1 aromatic heterocycles. The lowest BCUT2D eigenvalue weighted by atomic mass is 10.3. The first kappa shape index (κ1) is 14.4. The molecule has 2 rings (SSSR count). The van der Waals surface area contributed by atoms with Crippen molar-refractivity contribution in [2.75, 3.05) is 0 Å². The Morgan fingerprint density at radius 1 is 1.16 bits per heavy atom. The van der Waals surface area contributed by atoms with Gasteiger partial charge in [-0.15, -0.1) is 0 Å². The summed E-state index contributed by atoms with van der Waals surface area (Å²) < 4.78 is 7.05. The van der Waals surface area contributed by atoms with Crippen LogP contribution in [0.4, 0.5) is 5.69 Å². The minimum Gasteiger partial charge on any atom is -0.435 e. The molecule has 1 aromatic carbocycles. The van der Waals surface area contributed by atoms with Crippen molar-refractivity contribution in [3.63, 3.8) is 0 Å². The highest BCUT2D eigenvalue weighted by molar-refractivity contribution is 9.11. The molecule has 2 aromatic rings. The van der Waals surface area contributed by atoms with E-state index in [2.05, 4.69) is 57.8 Å². The normalized spacial score (nSPS) is 10.3. The summed E-state index contributed by atoms with van der Waals surface area (Å²) >= 11 is 9.71. The van der Waals surface area contributed by atoms with Gasteiger partial charge in [-0.3, -0.25) is 10.1 Å². The molecule has 1 heterocycles. The first-order valence-electron chi connectivity index (χ1n) is 4.76. The van der Waals surface area contributed by atoms with Crippen molar-refractivity contribution in [1.29, 1.82) is 0 Å². The maximum Gasteiger partial charge on any atom is 0.271 e. The van der Waals surface area contributed by atoms with Gasteiger partial charge >= 0.3 is 0 Å². The second-order valence-electron chi connectivity index (χ2n) is 3.27. The Morgan fingerprint density at radius 3 is 2.32 bits per heavy atom. The van der Waals surface area contributed by atoms with Crippen LogP contribution in [-0.4, -0.2) is 14.9 Å². The first-order valence-corrected chi connectivity index (χ1v) is 7.13. The molecule has 9 heteroatoms. The van der Waals surface area contributed by atoms with Crippen LogP contribution in [0, 0.1) is 10.1 Å². The summed E-state index contributed by atoms with van der Waals surface area (Å²) in [5, 5.41) is 10.7. The van der Waals surface area contributed by atoms with Gasteiger partial charge in [0.1, 0.15) is 6.33 Å². The second-order valence-corrected chi connectivity index (χ2v) is 5.84. The molecular formula is C10H4Br3N3O3. The molecule has 0 saturated carbocycles. The third-order valence-electron chi connectivity index (χ3n) is 2.03. The Kier molecular flexibility index (Phi) is 4.48. The van der Waals surface area contributed by atoms with Crippen LogP contribution in [0.25, 0.3) is 0 Å². The van der Waals surface area contributed by atoms with Crippen LogP contribution >= 0.6 is 47.8 Å². The van der Waals surface area contributed by atoms with Crippen molar-refractivity contribution < 1.29 is 9.66 Å². The number of benzene rings is 1. The van der Waals surface area contributed by atoms with Crippen molar-refractivity contribution >= 4 is 53.5 Å². The van der Waals surface area contributed by atoms with Gasteiger partial charge in [0.25, 0.3) is 5.69 Å². The van der Waals surface area contributed by atoms with Gasteiger partial charge in [-0.25, -0.2) is 9.97 Å². The average Bonchev–Trinajstić information content (AvgIpc) is 2.35. The molecule has 0 bridgehead atoms. The molecule has 6 nitrogen and oxygen atoms in total. The molecule has 0 saturated heterocycles. The highest BCUT2D eigenvalue weighted by atomic mass is 79.9. The number of halogens is 3. The number of nitro groups is 1. The van der Waals surface area contributed by atoms with Gasteiger partial charge < -0.3 is 4.74 Å². The molecule has 0 N–H and O–H groups in total. The van der Waals surface area contributed by atoms with Crippen LogP contribution in [-0.2, 0) is 0 Å². The summed E-state index contributed by atoms with van der Waals surface area (Å²) in [7, 11) is 0. The van der Waals surface area contributed by atoms with Gasteiger partial charge in [-0.1, -0.05) is 0 Å². The van der Waals surface area contributed by atoms with Gasteiger partial charge in [0, 0.05) is 18.3 Å². The zero-order chi connectivity index (χ0) is 14.0. The lowest BCUT2D eigenvalue weighted by Gasteiger charge is -2.09. The Hall–Kier alpha value is -1.06. The molecule has 0 amide bonds. The molecule has 0 fully saturated rings. The fourth-order valence-corrected chi connectivity index (χ4v) is 2.85. The SMILES string of the molecule is O=[N+]([O-])c1cc(Br)c(Oc2ncncc2Br)c(Br)c1. The number of nitro benzene ring substituents is 1. The smallest absolute Gasteiger partial charge is 0.271 e. The Labute approximate surface area is 132 Å². The van der Waals surface area contributed by atoms with E-state index < -0.39 is 4.92 Å². The molecule has 0 unspecified atom stereocenters. The predicted octanol–water partition coefficient (Wildman–Crippen LogP) is 4.46. The molecule has 98 valence electrons. The zero-order valence-electron chi connectivity index (χ0n) is 9.01. The van der Waals surface area contributed by atoms with Crippen LogP contribution in [0.2, 0.25) is 0 Å². The molecule has 0 atom stereocenters. The number of ether oxygens (including phenoxy) is 1. The number of nitrogens with zero attached hydrogens (tertiary/aromatic N) is 3. The van der Waals surface area contributed by atoms with E-state index in [1.165, 1.54) is 24.7 Å². The van der Waals surface area contributed by atoms with Crippen LogP contribution in [0.1, 0.15) is 0 Å². The maximum absolute atomic E-state index is 10.7. The Balaban J connectivity index is 2.42. The largest absolute Gasteiger partial charge is 0.435 e. The van der Waals surface area contributed by atoms with Gasteiger partial charge in [-0.05, 0) is 47.8 Å². The minimum atomic E-state index is -0.486. The van der Waals surface area contributed by atoms with Crippen LogP contribution in [0.3, 0.4) is 0 Å². The topological polar surface area (TPSA) is 78.2 Å². The van der Waals surface area contributed by atoms with Crippen molar-refractivity contribution in [2.24, 2.45) is 0 Å².